The summed E-state index contributed by atoms with van der Waals surface area (Å²) in [6, 6.07) is 5.68. The largest absolute Gasteiger partial charge is 0.491 e. The third-order valence-electron chi connectivity index (χ3n) is 3.56. The second-order valence-corrected chi connectivity index (χ2v) is 6.22. The molecule has 1 aromatic rings. The van der Waals surface area contributed by atoms with E-state index < -0.39 is 24.5 Å². The van der Waals surface area contributed by atoms with Gasteiger partial charge in [0.2, 0.25) is 0 Å². The van der Waals surface area contributed by atoms with Crippen LogP contribution in [0.5, 0.6) is 5.75 Å². The summed E-state index contributed by atoms with van der Waals surface area (Å²) in [6.45, 7) is 4.23. The molecule has 8 heteroatoms. The molecular formula is C18H24N2O6. The van der Waals surface area contributed by atoms with E-state index in [1.54, 1.807) is 38.1 Å². The summed E-state index contributed by atoms with van der Waals surface area (Å²) in [5, 5.41) is 4.57. The fraction of sp³-hybridized carbons (Fsp3) is 0.500. The third kappa shape index (κ3) is 6.72. The number of ether oxygens (including phenoxy) is 3. The van der Waals surface area contributed by atoms with Gasteiger partial charge in [0.05, 0.1) is 11.7 Å². The number of nitrogens with one attached hydrogen (secondary N) is 2. The van der Waals surface area contributed by atoms with Crippen molar-refractivity contribution in [3.05, 3.63) is 29.8 Å². The minimum Gasteiger partial charge on any atom is -0.491 e. The number of hydrogen-bond acceptors (Lipinski definition) is 6. The van der Waals surface area contributed by atoms with E-state index in [2.05, 4.69) is 10.6 Å². The monoisotopic (exact) mass is 364 g/mol. The van der Waals surface area contributed by atoms with Crippen molar-refractivity contribution in [3.8, 4) is 5.75 Å². The number of amides is 3. The number of benzene rings is 1. The van der Waals surface area contributed by atoms with Crippen molar-refractivity contribution < 1.29 is 28.6 Å². The van der Waals surface area contributed by atoms with Gasteiger partial charge in [-0.2, -0.15) is 0 Å². The molecule has 8 nitrogen and oxygen atoms in total. The first kappa shape index (κ1) is 19.7. The van der Waals surface area contributed by atoms with Crippen LogP contribution in [-0.2, 0) is 14.3 Å². The van der Waals surface area contributed by atoms with E-state index in [0.717, 1.165) is 19.4 Å². The van der Waals surface area contributed by atoms with Crippen LogP contribution in [0, 0.1) is 0 Å². The normalized spacial score (nSPS) is 16.2. The number of imide groups is 1. The molecular weight excluding hydrogens is 340 g/mol. The summed E-state index contributed by atoms with van der Waals surface area (Å²) >= 11 is 0. The van der Waals surface area contributed by atoms with Gasteiger partial charge in [-0.05, 0) is 51.0 Å². The number of esters is 1. The maximum Gasteiger partial charge on any atom is 0.338 e. The Morgan fingerprint density at radius 3 is 2.58 bits per heavy atom. The molecule has 26 heavy (non-hydrogen) atoms. The number of rotatable bonds is 7. The Bertz CT molecular complexity index is 623. The van der Waals surface area contributed by atoms with Gasteiger partial charge in [-0.1, -0.05) is 0 Å². The second kappa shape index (κ2) is 9.76. The Balaban J connectivity index is 1.73. The molecule has 3 amide bonds. The lowest BCUT2D eigenvalue weighted by atomic mass is 10.2. The molecule has 1 heterocycles. The van der Waals surface area contributed by atoms with Gasteiger partial charge < -0.3 is 19.5 Å². The smallest absolute Gasteiger partial charge is 0.338 e. The standard InChI is InChI=1S/C18H24N2O6/c1-12(2)19-18(23)20-16(21)11-26-17(22)13-5-7-14(8-6-13)25-10-15-4-3-9-24-15/h5-8,12,15H,3-4,9-11H2,1-2H3,(H2,19,20,21,23)/t15-/m1/s1. The predicted molar refractivity (Wildman–Crippen MR) is 93.0 cm³/mol. The van der Waals surface area contributed by atoms with Crippen LogP contribution in [-0.4, -0.2) is 49.9 Å². The van der Waals surface area contributed by atoms with E-state index in [0.29, 0.717) is 12.4 Å². The minimum atomic E-state index is -0.701. The van der Waals surface area contributed by atoms with Crippen LogP contribution in [0.2, 0.25) is 0 Å². The Hall–Kier alpha value is -2.61. The Kier molecular flexibility index (Phi) is 7.40. The maximum absolute atomic E-state index is 11.9. The summed E-state index contributed by atoms with van der Waals surface area (Å²) in [6.07, 6.45) is 2.15. The van der Waals surface area contributed by atoms with E-state index in [1.165, 1.54) is 0 Å². The van der Waals surface area contributed by atoms with E-state index in [4.69, 9.17) is 14.2 Å². The summed E-state index contributed by atoms with van der Waals surface area (Å²) in [7, 11) is 0. The summed E-state index contributed by atoms with van der Waals surface area (Å²) in [5.41, 5.74) is 0.286. The highest BCUT2D eigenvalue weighted by Crippen LogP contribution is 2.17. The van der Waals surface area contributed by atoms with Crippen molar-refractivity contribution >= 4 is 17.9 Å². The zero-order valence-electron chi connectivity index (χ0n) is 14.9. The van der Waals surface area contributed by atoms with Gasteiger partial charge in [-0.3, -0.25) is 10.1 Å². The summed E-state index contributed by atoms with van der Waals surface area (Å²) in [4.78, 5) is 34.8. The highest BCUT2D eigenvalue weighted by molar-refractivity contribution is 5.97. The van der Waals surface area contributed by atoms with Crippen LogP contribution in [0.1, 0.15) is 37.0 Å². The van der Waals surface area contributed by atoms with Gasteiger partial charge >= 0.3 is 12.0 Å². The van der Waals surface area contributed by atoms with Crippen molar-refractivity contribution in [2.45, 2.75) is 38.8 Å². The molecule has 1 fully saturated rings. The van der Waals surface area contributed by atoms with Crippen LogP contribution in [0.3, 0.4) is 0 Å². The third-order valence-corrected chi connectivity index (χ3v) is 3.56. The second-order valence-electron chi connectivity index (χ2n) is 6.22. The van der Waals surface area contributed by atoms with Gasteiger partial charge in [0, 0.05) is 12.6 Å². The highest BCUT2D eigenvalue weighted by atomic mass is 16.5. The molecule has 0 bridgehead atoms. The average molecular weight is 364 g/mol. The first-order chi connectivity index (χ1) is 12.4. The zero-order chi connectivity index (χ0) is 18.9. The molecule has 1 saturated heterocycles. The van der Waals surface area contributed by atoms with Gasteiger partial charge in [0.1, 0.15) is 12.4 Å². The van der Waals surface area contributed by atoms with Crippen molar-refractivity contribution in [2.75, 3.05) is 19.8 Å². The molecule has 0 spiro atoms. The van der Waals surface area contributed by atoms with Crippen molar-refractivity contribution in [3.63, 3.8) is 0 Å². The molecule has 0 aromatic heterocycles. The highest BCUT2D eigenvalue weighted by Gasteiger charge is 2.16. The summed E-state index contributed by atoms with van der Waals surface area (Å²) in [5.74, 6) is -0.733. The van der Waals surface area contributed by atoms with E-state index in [-0.39, 0.29) is 17.7 Å². The molecule has 1 aliphatic rings. The Labute approximate surface area is 152 Å². The van der Waals surface area contributed by atoms with Crippen molar-refractivity contribution in [1.82, 2.24) is 10.6 Å². The Morgan fingerprint density at radius 1 is 1.23 bits per heavy atom. The van der Waals surface area contributed by atoms with E-state index in [1.807, 2.05) is 0 Å². The predicted octanol–water partition coefficient (Wildman–Crippen LogP) is 1.64. The number of carbonyl (C=O) groups is 3. The van der Waals surface area contributed by atoms with Crippen LogP contribution in [0.15, 0.2) is 24.3 Å². The lowest BCUT2D eigenvalue weighted by Crippen LogP contribution is -2.44. The van der Waals surface area contributed by atoms with E-state index >= 15 is 0 Å². The van der Waals surface area contributed by atoms with Gasteiger partial charge in [-0.15, -0.1) is 0 Å². The topological polar surface area (TPSA) is 103 Å². The molecule has 1 aliphatic heterocycles. The summed E-state index contributed by atoms with van der Waals surface area (Å²) < 4.78 is 16.0. The SMILES string of the molecule is CC(C)NC(=O)NC(=O)COC(=O)c1ccc(OC[C@H]2CCCO2)cc1. The van der Waals surface area contributed by atoms with Gasteiger partial charge in [-0.25, -0.2) is 9.59 Å². The molecule has 1 aromatic carbocycles. The molecule has 2 N–H and O–H groups in total. The fourth-order valence-electron chi connectivity index (χ4n) is 2.33. The number of carbonyl (C=O) groups excluding carboxylic acids is 3. The first-order valence-corrected chi connectivity index (χ1v) is 8.56. The van der Waals surface area contributed by atoms with Crippen molar-refractivity contribution in [1.29, 1.82) is 0 Å². The quantitative estimate of drug-likeness (QED) is 0.713. The Morgan fingerprint density at radius 2 is 1.96 bits per heavy atom. The molecule has 0 radical (unpaired) electrons. The van der Waals surface area contributed by atoms with Gasteiger partial charge in [0.15, 0.2) is 6.61 Å². The molecule has 1 atom stereocenters. The van der Waals surface area contributed by atoms with Crippen LogP contribution in [0.4, 0.5) is 4.79 Å². The molecule has 2 rings (SSSR count). The first-order valence-electron chi connectivity index (χ1n) is 8.56. The lowest BCUT2D eigenvalue weighted by molar-refractivity contribution is -0.123. The van der Waals surface area contributed by atoms with E-state index in [9.17, 15) is 14.4 Å². The van der Waals surface area contributed by atoms with Crippen LogP contribution >= 0.6 is 0 Å². The zero-order valence-corrected chi connectivity index (χ0v) is 14.9. The molecule has 0 unspecified atom stereocenters. The van der Waals surface area contributed by atoms with Crippen LogP contribution < -0.4 is 15.4 Å². The maximum atomic E-state index is 11.9. The number of urea groups is 1. The molecule has 0 aliphatic carbocycles. The van der Waals surface area contributed by atoms with Gasteiger partial charge in [0.25, 0.3) is 5.91 Å². The van der Waals surface area contributed by atoms with Crippen molar-refractivity contribution in [2.24, 2.45) is 0 Å². The average Bonchev–Trinajstić information content (AvgIpc) is 3.11. The van der Waals surface area contributed by atoms with Crippen LogP contribution in [0.25, 0.3) is 0 Å². The molecule has 142 valence electrons. The number of hydrogen-bond donors (Lipinski definition) is 2. The fourth-order valence-corrected chi connectivity index (χ4v) is 2.33. The minimum absolute atomic E-state index is 0.105. The molecule has 0 saturated carbocycles. The lowest BCUT2D eigenvalue weighted by Gasteiger charge is -2.12.